The molecule has 1 amide bonds. The van der Waals surface area contributed by atoms with Gasteiger partial charge >= 0.3 is 0 Å². The zero-order valence-electron chi connectivity index (χ0n) is 12.7. The number of hydrogen-bond acceptors (Lipinski definition) is 5. The molecule has 1 aliphatic heterocycles. The van der Waals surface area contributed by atoms with Gasteiger partial charge in [-0.3, -0.25) is 14.7 Å². The maximum atomic E-state index is 11.4. The minimum atomic E-state index is -0.202. The average Bonchev–Trinajstić information content (AvgIpc) is 3.14. The second-order valence-corrected chi connectivity index (χ2v) is 6.52. The molecule has 0 saturated carbocycles. The van der Waals surface area contributed by atoms with Crippen LogP contribution in [0.2, 0.25) is 0 Å². The first-order chi connectivity index (χ1) is 10.6. The Morgan fingerprint density at radius 1 is 1.45 bits per heavy atom. The summed E-state index contributed by atoms with van der Waals surface area (Å²) in [5.74, 6) is -0.202. The number of aryl methyl sites for hydroxylation is 1. The Kier molecular flexibility index (Phi) is 4.49. The Labute approximate surface area is 134 Å². The summed E-state index contributed by atoms with van der Waals surface area (Å²) < 4.78 is 0. The predicted octanol–water partition coefficient (Wildman–Crippen LogP) is 2.01. The molecular formula is C16H20N4OS. The molecule has 0 aliphatic carbocycles. The molecule has 1 atom stereocenters. The molecular weight excluding hydrogens is 296 g/mol. The molecule has 1 saturated heterocycles. The highest BCUT2D eigenvalue weighted by Gasteiger charge is 2.28. The number of rotatable bonds is 5. The van der Waals surface area contributed by atoms with E-state index in [4.69, 9.17) is 5.73 Å². The summed E-state index contributed by atoms with van der Waals surface area (Å²) in [7, 11) is 0. The van der Waals surface area contributed by atoms with Crippen molar-refractivity contribution in [1.82, 2.24) is 14.9 Å². The number of nitrogens with zero attached hydrogens (tertiary/aromatic N) is 3. The van der Waals surface area contributed by atoms with Crippen LogP contribution in [0.3, 0.4) is 0 Å². The summed E-state index contributed by atoms with van der Waals surface area (Å²) in [5, 5.41) is 0. The molecule has 116 valence electrons. The molecule has 1 unspecified atom stereocenters. The van der Waals surface area contributed by atoms with E-state index >= 15 is 0 Å². The van der Waals surface area contributed by atoms with Gasteiger partial charge in [0.1, 0.15) is 0 Å². The second kappa shape index (κ2) is 6.54. The van der Waals surface area contributed by atoms with Gasteiger partial charge in [0.05, 0.1) is 27.8 Å². The Hall–Kier alpha value is -1.79. The number of hydrogen-bond donors (Lipinski definition) is 1. The molecule has 1 aliphatic rings. The maximum absolute atomic E-state index is 11.4. The first kappa shape index (κ1) is 15.1. The summed E-state index contributed by atoms with van der Waals surface area (Å²) in [5.41, 5.74) is 10.5. The van der Waals surface area contributed by atoms with Crippen LogP contribution in [-0.2, 0) is 11.2 Å². The predicted molar refractivity (Wildman–Crippen MR) is 87.6 cm³/mol. The SMILES string of the molecule is Cc1ncsc1-c1ccc(CCN2CCCC2C(N)=O)cn1. The van der Waals surface area contributed by atoms with Gasteiger partial charge in [-0.05, 0) is 44.4 Å². The van der Waals surface area contributed by atoms with Crippen molar-refractivity contribution in [3.05, 3.63) is 35.1 Å². The van der Waals surface area contributed by atoms with E-state index in [0.29, 0.717) is 0 Å². The smallest absolute Gasteiger partial charge is 0.234 e. The van der Waals surface area contributed by atoms with E-state index < -0.39 is 0 Å². The van der Waals surface area contributed by atoms with E-state index in [-0.39, 0.29) is 11.9 Å². The van der Waals surface area contributed by atoms with Crippen LogP contribution in [-0.4, -0.2) is 39.9 Å². The molecule has 2 aromatic rings. The third-order valence-electron chi connectivity index (χ3n) is 4.18. The summed E-state index contributed by atoms with van der Waals surface area (Å²) in [6.07, 6.45) is 4.75. The summed E-state index contributed by atoms with van der Waals surface area (Å²) >= 11 is 1.61. The van der Waals surface area contributed by atoms with Gasteiger partial charge in [-0.2, -0.15) is 0 Å². The van der Waals surface area contributed by atoms with Gasteiger partial charge < -0.3 is 5.73 Å². The highest BCUT2D eigenvalue weighted by molar-refractivity contribution is 7.13. The third-order valence-corrected chi connectivity index (χ3v) is 5.13. The number of primary amides is 1. The zero-order chi connectivity index (χ0) is 15.5. The van der Waals surface area contributed by atoms with Gasteiger partial charge in [-0.15, -0.1) is 11.3 Å². The van der Waals surface area contributed by atoms with Crippen LogP contribution < -0.4 is 5.73 Å². The second-order valence-electron chi connectivity index (χ2n) is 5.66. The number of nitrogens with two attached hydrogens (primary N) is 1. The van der Waals surface area contributed by atoms with Crippen molar-refractivity contribution in [2.45, 2.75) is 32.2 Å². The lowest BCUT2D eigenvalue weighted by atomic mass is 10.1. The quantitative estimate of drug-likeness (QED) is 0.916. The van der Waals surface area contributed by atoms with E-state index in [2.05, 4.69) is 20.9 Å². The van der Waals surface area contributed by atoms with Crippen molar-refractivity contribution >= 4 is 17.2 Å². The summed E-state index contributed by atoms with van der Waals surface area (Å²) in [6.45, 7) is 3.81. The highest BCUT2D eigenvalue weighted by atomic mass is 32.1. The Morgan fingerprint density at radius 2 is 2.32 bits per heavy atom. The molecule has 0 radical (unpaired) electrons. The fraction of sp³-hybridized carbons (Fsp3) is 0.438. The lowest BCUT2D eigenvalue weighted by Gasteiger charge is -2.21. The molecule has 22 heavy (non-hydrogen) atoms. The van der Waals surface area contributed by atoms with Crippen LogP contribution >= 0.6 is 11.3 Å². The first-order valence-electron chi connectivity index (χ1n) is 7.54. The highest BCUT2D eigenvalue weighted by Crippen LogP contribution is 2.25. The molecule has 3 heterocycles. The Bertz CT molecular complexity index is 652. The number of carbonyl (C=O) groups excluding carboxylic acids is 1. The van der Waals surface area contributed by atoms with Crippen molar-refractivity contribution in [2.75, 3.05) is 13.1 Å². The van der Waals surface area contributed by atoms with E-state index in [1.54, 1.807) is 11.3 Å². The van der Waals surface area contributed by atoms with E-state index in [9.17, 15) is 4.79 Å². The van der Waals surface area contributed by atoms with Gasteiger partial charge in [0.15, 0.2) is 0 Å². The summed E-state index contributed by atoms with van der Waals surface area (Å²) in [4.78, 5) is 23.5. The Morgan fingerprint density at radius 3 is 2.95 bits per heavy atom. The fourth-order valence-corrected chi connectivity index (χ4v) is 3.72. The number of pyridine rings is 1. The van der Waals surface area contributed by atoms with Crippen LogP contribution in [0.1, 0.15) is 24.1 Å². The minimum Gasteiger partial charge on any atom is -0.368 e. The molecule has 5 nitrogen and oxygen atoms in total. The molecule has 1 fully saturated rings. The van der Waals surface area contributed by atoms with Crippen molar-refractivity contribution in [1.29, 1.82) is 0 Å². The van der Waals surface area contributed by atoms with Crippen molar-refractivity contribution in [3.8, 4) is 10.6 Å². The van der Waals surface area contributed by atoms with Crippen LogP contribution in [0.15, 0.2) is 23.8 Å². The lowest BCUT2D eigenvalue weighted by molar-refractivity contribution is -0.122. The van der Waals surface area contributed by atoms with E-state index in [1.807, 2.05) is 24.7 Å². The van der Waals surface area contributed by atoms with Crippen molar-refractivity contribution < 1.29 is 4.79 Å². The van der Waals surface area contributed by atoms with Crippen molar-refractivity contribution in [2.24, 2.45) is 5.73 Å². The van der Waals surface area contributed by atoms with E-state index in [0.717, 1.165) is 48.6 Å². The molecule has 6 heteroatoms. The largest absolute Gasteiger partial charge is 0.368 e. The topological polar surface area (TPSA) is 72.1 Å². The monoisotopic (exact) mass is 316 g/mol. The molecule has 2 aromatic heterocycles. The number of carbonyl (C=O) groups is 1. The minimum absolute atomic E-state index is 0.0907. The number of amides is 1. The average molecular weight is 316 g/mol. The molecule has 0 bridgehead atoms. The summed E-state index contributed by atoms with van der Waals surface area (Å²) in [6, 6.07) is 4.06. The fourth-order valence-electron chi connectivity index (χ4n) is 2.94. The van der Waals surface area contributed by atoms with Crippen molar-refractivity contribution in [3.63, 3.8) is 0 Å². The number of aromatic nitrogens is 2. The van der Waals surface area contributed by atoms with Crippen LogP contribution in [0, 0.1) is 6.92 Å². The number of likely N-dealkylation sites (tertiary alicyclic amines) is 1. The number of thiazole rings is 1. The zero-order valence-corrected chi connectivity index (χ0v) is 13.5. The van der Waals surface area contributed by atoms with Gasteiger partial charge in [0, 0.05) is 12.7 Å². The van der Waals surface area contributed by atoms with Gasteiger partial charge in [-0.25, -0.2) is 4.98 Å². The van der Waals surface area contributed by atoms with Crippen LogP contribution in [0.5, 0.6) is 0 Å². The first-order valence-corrected chi connectivity index (χ1v) is 8.42. The lowest BCUT2D eigenvalue weighted by Crippen LogP contribution is -2.41. The van der Waals surface area contributed by atoms with E-state index in [1.165, 1.54) is 5.56 Å². The molecule has 0 aromatic carbocycles. The molecule has 3 rings (SSSR count). The normalized spacial score (nSPS) is 18.7. The van der Waals surface area contributed by atoms with Crippen LogP contribution in [0.25, 0.3) is 10.6 Å². The van der Waals surface area contributed by atoms with Crippen LogP contribution in [0.4, 0.5) is 0 Å². The maximum Gasteiger partial charge on any atom is 0.234 e. The molecule has 0 spiro atoms. The van der Waals surface area contributed by atoms with Gasteiger partial charge in [-0.1, -0.05) is 6.07 Å². The molecule has 2 N–H and O–H groups in total. The standard InChI is InChI=1S/C16H20N4OS/c1-11-15(22-10-19-11)13-5-4-12(9-18-13)6-8-20-7-2-3-14(20)16(17)21/h4-5,9-10,14H,2-3,6-8H2,1H3,(H2,17,21). The Balaban J connectivity index is 1.62. The third kappa shape index (κ3) is 3.18. The van der Waals surface area contributed by atoms with Gasteiger partial charge in [0.2, 0.25) is 5.91 Å². The van der Waals surface area contributed by atoms with Gasteiger partial charge in [0.25, 0.3) is 0 Å².